The van der Waals surface area contributed by atoms with E-state index in [-0.39, 0.29) is 5.91 Å². The lowest BCUT2D eigenvalue weighted by atomic mass is 9.99. The van der Waals surface area contributed by atoms with Gasteiger partial charge in [-0.05, 0) is 37.0 Å². The summed E-state index contributed by atoms with van der Waals surface area (Å²) in [6, 6.07) is 5.94. The van der Waals surface area contributed by atoms with Crippen LogP contribution in [0.1, 0.15) is 57.4 Å². The fourth-order valence-electron chi connectivity index (χ4n) is 2.70. The highest BCUT2D eigenvalue weighted by molar-refractivity contribution is 5.76. The van der Waals surface area contributed by atoms with Crippen LogP contribution in [0, 0.1) is 12.8 Å². The van der Waals surface area contributed by atoms with E-state index in [9.17, 15) is 4.79 Å². The van der Waals surface area contributed by atoms with Crippen molar-refractivity contribution >= 4 is 17.0 Å². The van der Waals surface area contributed by atoms with Crippen LogP contribution in [0.4, 0.5) is 0 Å². The summed E-state index contributed by atoms with van der Waals surface area (Å²) < 4.78 is 5.68. The van der Waals surface area contributed by atoms with Crippen LogP contribution in [0.2, 0.25) is 0 Å². The standard InChI is InChI=1S/C19H28N2O2/c1-4-6-7-15(5-2)13-20-18(22)10-11-19-21-16-12-14(3)8-9-17(16)23-19/h8-9,12,15H,4-7,10-11,13H2,1-3H3,(H,20,22)/t15-/m1/s1. The minimum absolute atomic E-state index is 0.0818. The molecule has 4 nitrogen and oxygen atoms in total. The average molecular weight is 316 g/mol. The van der Waals surface area contributed by atoms with Crippen molar-refractivity contribution < 1.29 is 9.21 Å². The summed E-state index contributed by atoms with van der Waals surface area (Å²) in [6.45, 7) is 7.20. The fraction of sp³-hybridized carbons (Fsp3) is 0.579. The molecule has 0 aliphatic rings. The van der Waals surface area contributed by atoms with Crippen LogP contribution in [0.25, 0.3) is 11.1 Å². The van der Waals surface area contributed by atoms with E-state index in [1.807, 2.05) is 25.1 Å². The van der Waals surface area contributed by atoms with E-state index < -0.39 is 0 Å². The molecule has 126 valence electrons. The van der Waals surface area contributed by atoms with Crippen LogP contribution in [0.5, 0.6) is 0 Å². The van der Waals surface area contributed by atoms with Gasteiger partial charge in [-0.3, -0.25) is 4.79 Å². The molecule has 0 radical (unpaired) electrons. The zero-order chi connectivity index (χ0) is 16.7. The summed E-state index contributed by atoms with van der Waals surface area (Å²) >= 11 is 0. The first kappa shape index (κ1) is 17.5. The maximum absolute atomic E-state index is 12.0. The molecule has 0 aliphatic carbocycles. The number of benzene rings is 1. The van der Waals surface area contributed by atoms with E-state index in [1.165, 1.54) is 19.3 Å². The summed E-state index contributed by atoms with van der Waals surface area (Å²) in [5, 5.41) is 3.05. The van der Waals surface area contributed by atoms with Gasteiger partial charge in [-0.25, -0.2) is 4.98 Å². The first-order valence-electron chi connectivity index (χ1n) is 8.75. The second kappa shape index (κ2) is 8.70. The highest BCUT2D eigenvalue weighted by Crippen LogP contribution is 2.17. The molecule has 1 N–H and O–H groups in total. The van der Waals surface area contributed by atoms with Crippen LogP contribution in [-0.2, 0) is 11.2 Å². The number of nitrogens with zero attached hydrogens (tertiary/aromatic N) is 1. The van der Waals surface area contributed by atoms with Crippen molar-refractivity contribution in [1.29, 1.82) is 0 Å². The third kappa shape index (κ3) is 5.38. The van der Waals surface area contributed by atoms with Crippen molar-refractivity contribution in [3.63, 3.8) is 0 Å². The number of hydrogen-bond acceptors (Lipinski definition) is 3. The first-order chi connectivity index (χ1) is 11.1. The van der Waals surface area contributed by atoms with Gasteiger partial charge in [0.2, 0.25) is 5.91 Å². The molecule has 2 aromatic rings. The Labute approximate surface area is 138 Å². The topological polar surface area (TPSA) is 55.1 Å². The van der Waals surface area contributed by atoms with E-state index >= 15 is 0 Å². The Morgan fingerprint density at radius 2 is 2.17 bits per heavy atom. The van der Waals surface area contributed by atoms with Crippen LogP contribution >= 0.6 is 0 Å². The van der Waals surface area contributed by atoms with Gasteiger partial charge in [-0.15, -0.1) is 0 Å². The number of rotatable bonds is 9. The third-order valence-electron chi connectivity index (χ3n) is 4.28. The lowest BCUT2D eigenvalue weighted by Crippen LogP contribution is -2.29. The smallest absolute Gasteiger partial charge is 0.220 e. The molecule has 1 aromatic heterocycles. The molecular formula is C19H28N2O2. The predicted molar refractivity (Wildman–Crippen MR) is 93.4 cm³/mol. The molecule has 23 heavy (non-hydrogen) atoms. The van der Waals surface area contributed by atoms with E-state index in [0.717, 1.165) is 29.6 Å². The second-order valence-corrected chi connectivity index (χ2v) is 6.30. The lowest BCUT2D eigenvalue weighted by Gasteiger charge is -2.15. The van der Waals surface area contributed by atoms with Crippen LogP contribution in [-0.4, -0.2) is 17.4 Å². The van der Waals surface area contributed by atoms with Crippen LogP contribution in [0.15, 0.2) is 22.6 Å². The number of carbonyl (C=O) groups excluding carboxylic acids is 1. The van der Waals surface area contributed by atoms with E-state index in [1.54, 1.807) is 0 Å². The normalized spacial score (nSPS) is 12.5. The molecule has 0 saturated carbocycles. The van der Waals surface area contributed by atoms with Gasteiger partial charge < -0.3 is 9.73 Å². The first-order valence-corrected chi connectivity index (χ1v) is 8.75. The average Bonchev–Trinajstić information content (AvgIpc) is 2.95. The molecule has 1 aromatic carbocycles. The summed E-state index contributed by atoms with van der Waals surface area (Å²) in [4.78, 5) is 16.5. The van der Waals surface area contributed by atoms with Gasteiger partial charge >= 0.3 is 0 Å². The monoisotopic (exact) mass is 316 g/mol. The lowest BCUT2D eigenvalue weighted by molar-refractivity contribution is -0.121. The Balaban J connectivity index is 1.78. The molecule has 0 spiro atoms. The summed E-state index contributed by atoms with van der Waals surface area (Å²) in [7, 11) is 0. The Morgan fingerprint density at radius 1 is 1.35 bits per heavy atom. The number of unbranched alkanes of at least 4 members (excludes halogenated alkanes) is 1. The maximum Gasteiger partial charge on any atom is 0.220 e. The van der Waals surface area contributed by atoms with Crippen molar-refractivity contribution in [3.8, 4) is 0 Å². The molecule has 2 rings (SSSR count). The number of aromatic nitrogens is 1. The quantitative estimate of drug-likeness (QED) is 0.746. The van der Waals surface area contributed by atoms with E-state index in [0.29, 0.717) is 24.7 Å². The minimum atomic E-state index is 0.0818. The van der Waals surface area contributed by atoms with Crippen molar-refractivity contribution in [2.75, 3.05) is 6.54 Å². The third-order valence-corrected chi connectivity index (χ3v) is 4.28. The zero-order valence-electron chi connectivity index (χ0n) is 14.5. The maximum atomic E-state index is 12.0. The minimum Gasteiger partial charge on any atom is -0.441 e. The molecule has 1 atom stereocenters. The molecule has 0 saturated heterocycles. The Kier molecular flexibility index (Phi) is 6.63. The largest absolute Gasteiger partial charge is 0.441 e. The highest BCUT2D eigenvalue weighted by atomic mass is 16.3. The Morgan fingerprint density at radius 3 is 2.91 bits per heavy atom. The number of hydrogen-bond donors (Lipinski definition) is 1. The number of amides is 1. The second-order valence-electron chi connectivity index (χ2n) is 6.30. The van der Waals surface area contributed by atoms with E-state index in [2.05, 4.69) is 24.1 Å². The number of aryl methyl sites for hydroxylation is 2. The Bertz CT molecular complexity index is 633. The summed E-state index contributed by atoms with van der Waals surface area (Å²) in [5.74, 6) is 1.31. The van der Waals surface area contributed by atoms with Gasteiger partial charge in [0.15, 0.2) is 11.5 Å². The summed E-state index contributed by atoms with van der Waals surface area (Å²) in [6.07, 6.45) is 5.72. The van der Waals surface area contributed by atoms with Gasteiger partial charge in [0.25, 0.3) is 0 Å². The number of carbonyl (C=O) groups is 1. The number of oxazole rings is 1. The molecule has 4 heteroatoms. The molecule has 0 fully saturated rings. The van der Waals surface area contributed by atoms with Gasteiger partial charge in [0.05, 0.1) is 0 Å². The van der Waals surface area contributed by atoms with E-state index in [4.69, 9.17) is 4.42 Å². The molecular weight excluding hydrogens is 288 g/mol. The fourth-order valence-corrected chi connectivity index (χ4v) is 2.70. The Hall–Kier alpha value is -1.84. The van der Waals surface area contributed by atoms with Crippen molar-refractivity contribution in [3.05, 3.63) is 29.7 Å². The SMILES string of the molecule is CCCC[C@@H](CC)CNC(=O)CCc1nc2cc(C)ccc2o1. The molecule has 0 unspecified atom stereocenters. The van der Waals surface area contributed by atoms with Crippen LogP contribution < -0.4 is 5.32 Å². The highest BCUT2D eigenvalue weighted by Gasteiger charge is 2.11. The number of fused-ring (bicyclic) bond motifs is 1. The molecule has 1 heterocycles. The molecule has 1 amide bonds. The van der Waals surface area contributed by atoms with Gasteiger partial charge in [0, 0.05) is 19.4 Å². The van der Waals surface area contributed by atoms with Crippen molar-refractivity contribution in [2.24, 2.45) is 5.92 Å². The van der Waals surface area contributed by atoms with Gasteiger partial charge in [-0.1, -0.05) is 39.2 Å². The molecule has 0 aliphatic heterocycles. The van der Waals surface area contributed by atoms with Gasteiger partial charge in [0.1, 0.15) is 5.52 Å². The van der Waals surface area contributed by atoms with Crippen LogP contribution in [0.3, 0.4) is 0 Å². The van der Waals surface area contributed by atoms with Crippen molar-refractivity contribution in [1.82, 2.24) is 10.3 Å². The number of nitrogens with one attached hydrogen (secondary N) is 1. The van der Waals surface area contributed by atoms with Crippen molar-refractivity contribution in [2.45, 2.75) is 59.3 Å². The predicted octanol–water partition coefficient (Wildman–Crippen LogP) is 4.40. The molecule has 0 bridgehead atoms. The van der Waals surface area contributed by atoms with Gasteiger partial charge in [-0.2, -0.15) is 0 Å². The summed E-state index contributed by atoms with van der Waals surface area (Å²) in [5.41, 5.74) is 2.82. The zero-order valence-corrected chi connectivity index (χ0v) is 14.5.